The largest absolute Gasteiger partial charge is 0.444 e. The van der Waals surface area contributed by atoms with Gasteiger partial charge >= 0.3 is 6.09 Å². The molecular formula is C26H34N8O2. The zero-order valence-electron chi connectivity index (χ0n) is 21.2. The van der Waals surface area contributed by atoms with Gasteiger partial charge in [0.1, 0.15) is 11.4 Å². The lowest BCUT2D eigenvalue weighted by atomic mass is 10.1. The Morgan fingerprint density at radius 1 is 1.17 bits per heavy atom. The average molecular weight is 491 g/mol. The zero-order valence-corrected chi connectivity index (χ0v) is 21.2. The summed E-state index contributed by atoms with van der Waals surface area (Å²) in [6, 6.07) is 11.9. The maximum absolute atomic E-state index is 12.2. The minimum absolute atomic E-state index is 0.140. The van der Waals surface area contributed by atoms with Crippen molar-refractivity contribution < 1.29 is 9.53 Å². The third kappa shape index (κ3) is 5.53. The number of aromatic nitrogens is 4. The van der Waals surface area contributed by atoms with E-state index in [1.54, 1.807) is 0 Å². The van der Waals surface area contributed by atoms with Crippen LogP contribution in [0.2, 0.25) is 0 Å². The fourth-order valence-electron chi connectivity index (χ4n) is 4.78. The highest BCUT2D eigenvalue weighted by atomic mass is 16.6. The third-order valence-corrected chi connectivity index (χ3v) is 6.53. The molecule has 0 spiro atoms. The second-order valence-electron chi connectivity index (χ2n) is 10.6. The van der Waals surface area contributed by atoms with Crippen molar-refractivity contribution in [3.05, 3.63) is 53.3 Å². The Labute approximate surface area is 211 Å². The molecule has 3 atom stereocenters. The lowest BCUT2D eigenvalue weighted by molar-refractivity contribution is 0.0518. The van der Waals surface area contributed by atoms with E-state index in [4.69, 9.17) is 20.4 Å². The van der Waals surface area contributed by atoms with Gasteiger partial charge < -0.3 is 26.0 Å². The van der Waals surface area contributed by atoms with Gasteiger partial charge in [0.25, 0.3) is 0 Å². The quantitative estimate of drug-likeness (QED) is 0.369. The summed E-state index contributed by atoms with van der Waals surface area (Å²) in [5.74, 6) is 2.82. The Bertz CT molecular complexity index is 1240. The third-order valence-electron chi connectivity index (χ3n) is 6.53. The number of carbonyl (C=O) groups excluding carboxylic acids is 1. The van der Waals surface area contributed by atoms with Gasteiger partial charge in [-0.05, 0) is 44.9 Å². The lowest BCUT2D eigenvalue weighted by Gasteiger charge is -2.23. The Balaban J connectivity index is 1.31. The average Bonchev–Trinajstić information content (AvgIpc) is 3.16. The van der Waals surface area contributed by atoms with Gasteiger partial charge in [-0.3, -0.25) is 5.10 Å². The molecule has 2 aliphatic rings. The molecule has 1 amide bonds. The van der Waals surface area contributed by atoms with E-state index in [0.717, 1.165) is 48.0 Å². The summed E-state index contributed by atoms with van der Waals surface area (Å²) in [6.07, 6.45) is 1.16. The summed E-state index contributed by atoms with van der Waals surface area (Å²) in [5.41, 5.74) is 9.24. The SMILES string of the molecule is CCc1cc(Nc2cc(Cc3cccc(N)c3)nc(N3C[C@@H]4[C@H](C3)[C@H]4NC(=O)OC(C)(C)C)n2)n[nH]1. The second-order valence-corrected chi connectivity index (χ2v) is 10.6. The van der Waals surface area contributed by atoms with E-state index in [0.29, 0.717) is 30.0 Å². The molecule has 36 heavy (non-hydrogen) atoms. The Morgan fingerprint density at radius 2 is 1.94 bits per heavy atom. The van der Waals surface area contributed by atoms with E-state index < -0.39 is 5.60 Å². The molecule has 0 radical (unpaired) electrons. The Morgan fingerprint density at radius 3 is 2.61 bits per heavy atom. The first-order chi connectivity index (χ1) is 17.2. The number of H-pyrrole nitrogens is 1. The smallest absolute Gasteiger partial charge is 0.407 e. The molecule has 0 bridgehead atoms. The van der Waals surface area contributed by atoms with Gasteiger partial charge in [0.15, 0.2) is 5.82 Å². The van der Waals surface area contributed by atoms with Gasteiger partial charge in [-0.1, -0.05) is 19.1 Å². The fourth-order valence-corrected chi connectivity index (χ4v) is 4.78. The van der Waals surface area contributed by atoms with Crippen LogP contribution in [0.3, 0.4) is 0 Å². The zero-order chi connectivity index (χ0) is 25.4. The standard InChI is InChI=1S/C26H34N8O2/c1-5-17-11-22(33-32-17)29-21-12-18(10-15-7-6-8-16(27)9-15)28-24(30-21)34-13-19-20(14-34)23(19)31-25(35)36-26(2,3)4/h6-9,11-12,19-20,23H,5,10,13-14,27H2,1-4H3,(H,31,35)(H2,28,29,30,32,33)/t19-,20+,23+. The van der Waals surface area contributed by atoms with Crippen molar-refractivity contribution in [2.24, 2.45) is 11.8 Å². The topological polar surface area (TPSA) is 134 Å². The summed E-state index contributed by atoms with van der Waals surface area (Å²) < 4.78 is 5.41. The van der Waals surface area contributed by atoms with Crippen LogP contribution in [0.25, 0.3) is 0 Å². The fraction of sp³-hybridized carbons (Fsp3) is 0.462. The summed E-state index contributed by atoms with van der Waals surface area (Å²) in [6.45, 7) is 9.26. The molecular weight excluding hydrogens is 456 g/mol. The first-order valence-corrected chi connectivity index (χ1v) is 12.4. The predicted molar refractivity (Wildman–Crippen MR) is 139 cm³/mol. The van der Waals surface area contributed by atoms with Gasteiger partial charge in [-0.15, -0.1) is 0 Å². The highest BCUT2D eigenvalue weighted by Crippen LogP contribution is 2.46. The molecule has 2 aromatic heterocycles. The number of benzene rings is 1. The number of piperidine rings is 1. The van der Waals surface area contributed by atoms with Crippen LogP contribution >= 0.6 is 0 Å². The van der Waals surface area contributed by atoms with Crippen LogP contribution in [0.15, 0.2) is 36.4 Å². The highest BCUT2D eigenvalue weighted by Gasteiger charge is 2.57. The number of aromatic amines is 1. The molecule has 1 saturated heterocycles. The number of aryl methyl sites for hydroxylation is 1. The van der Waals surface area contributed by atoms with E-state index in [1.807, 2.05) is 57.2 Å². The van der Waals surface area contributed by atoms with Gasteiger partial charge in [0, 0.05) is 60.9 Å². The number of anilines is 4. The lowest BCUT2D eigenvalue weighted by Crippen LogP contribution is -2.38. The van der Waals surface area contributed by atoms with Crippen molar-refractivity contribution in [2.45, 2.75) is 52.2 Å². The summed E-state index contributed by atoms with van der Waals surface area (Å²) in [7, 11) is 0. The van der Waals surface area contributed by atoms with Gasteiger partial charge in [-0.25, -0.2) is 9.78 Å². The number of ether oxygens (including phenoxy) is 1. The minimum Gasteiger partial charge on any atom is -0.444 e. The molecule has 10 heteroatoms. The number of nitrogens with one attached hydrogen (secondary N) is 3. The number of carbonyl (C=O) groups is 1. The van der Waals surface area contributed by atoms with Crippen molar-refractivity contribution in [3.63, 3.8) is 0 Å². The predicted octanol–water partition coefficient (Wildman–Crippen LogP) is 3.64. The van der Waals surface area contributed by atoms with E-state index in [1.165, 1.54) is 0 Å². The van der Waals surface area contributed by atoms with Crippen molar-refractivity contribution >= 4 is 29.4 Å². The van der Waals surface area contributed by atoms with Gasteiger partial charge in [-0.2, -0.15) is 10.1 Å². The number of nitrogens with two attached hydrogens (primary N) is 1. The Kier molecular flexibility index (Phi) is 6.19. The normalized spacial score (nSPS) is 20.7. The van der Waals surface area contributed by atoms with Gasteiger partial charge in [0.2, 0.25) is 5.95 Å². The van der Waals surface area contributed by atoms with Crippen molar-refractivity contribution in [1.82, 2.24) is 25.5 Å². The minimum atomic E-state index is -0.507. The summed E-state index contributed by atoms with van der Waals surface area (Å²) >= 11 is 0. The molecule has 5 rings (SSSR count). The highest BCUT2D eigenvalue weighted by molar-refractivity contribution is 5.69. The monoisotopic (exact) mass is 490 g/mol. The van der Waals surface area contributed by atoms with E-state index >= 15 is 0 Å². The number of hydrogen-bond acceptors (Lipinski definition) is 8. The first-order valence-electron chi connectivity index (χ1n) is 12.4. The van der Waals surface area contributed by atoms with Crippen LogP contribution in [-0.4, -0.2) is 51.0 Å². The molecule has 0 unspecified atom stereocenters. The molecule has 1 aromatic carbocycles. The Hall–Kier alpha value is -3.82. The number of nitrogens with zero attached hydrogens (tertiary/aromatic N) is 4. The number of alkyl carbamates (subject to hydrolysis) is 1. The molecule has 10 nitrogen and oxygen atoms in total. The number of fused-ring (bicyclic) bond motifs is 1. The van der Waals surface area contributed by atoms with Gasteiger partial charge in [0.05, 0.1) is 5.69 Å². The maximum atomic E-state index is 12.2. The molecule has 190 valence electrons. The van der Waals surface area contributed by atoms with Crippen molar-refractivity contribution in [3.8, 4) is 0 Å². The van der Waals surface area contributed by atoms with Crippen LogP contribution in [0.1, 0.15) is 44.6 Å². The summed E-state index contributed by atoms with van der Waals surface area (Å²) in [5, 5.41) is 13.7. The van der Waals surface area contributed by atoms with E-state index in [9.17, 15) is 4.79 Å². The first kappa shape index (κ1) is 23.9. The number of nitrogen functional groups attached to an aromatic ring is 1. The molecule has 2 fully saturated rings. The van der Waals surface area contributed by atoms with Crippen molar-refractivity contribution in [2.75, 3.05) is 29.0 Å². The molecule has 1 aliphatic heterocycles. The molecule has 3 heterocycles. The number of amides is 1. The van der Waals surface area contributed by atoms with Crippen LogP contribution in [0.4, 0.5) is 28.1 Å². The second kappa shape index (κ2) is 9.33. The molecule has 1 saturated carbocycles. The van der Waals surface area contributed by atoms with E-state index in [-0.39, 0.29) is 12.1 Å². The van der Waals surface area contributed by atoms with Crippen LogP contribution in [0.5, 0.6) is 0 Å². The van der Waals surface area contributed by atoms with E-state index in [2.05, 4.69) is 32.7 Å². The van der Waals surface area contributed by atoms with Crippen LogP contribution in [0, 0.1) is 11.8 Å². The number of hydrogen-bond donors (Lipinski definition) is 4. The van der Waals surface area contributed by atoms with Crippen molar-refractivity contribution in [1.29, 1.82) is 0 Å². The number of rotatable bonds is 7. The summed E-state index contributed by atoms with van der Waals surface area (Å²) in [4.78, 5) is 24.1. The van der Waals surface area contributed by atoms with Crippen LogP contribution < -0.4 is 21.3 Å². The molecule has 3 aromatic rings. The molecule has 1 aliphatic carbocycles. The maximum Gasteiger partial charge on any atom is 0.407 e. The molecule has 5 N–H and O–H groups in total. The van der Waals surface area contributed by atoms with Crippen LogP contribution in [-0.2, 0) is 17.6 Å².